The SMILES string of the molecule is CCCC(NC)c1ccc(-c2ccc(Br)cc2)s1. The number of halogens is 1. The molecule has 0 amide bonds. The number of hydrogen-bond acceptors (Lipinski definition) is 2. The van der Waals surface area contributed by atoms with Gasteiger partial charge >= 0.3 is 0 Å². The Hall–Kier alpha value is -0.640. The van der Waals surface area contributed by atoms with Gasteiger partial charge in [0.1, 0.15) is 0 Å². The molecule has 0 aliphatic heterocycles. The highest BCUT2D eigenvalue weighted by Gasteiger charge is 2.11. The molecule has 0 saturated carbocycles. The maximum Gasteiger partial charge on any atom is 0.0412 e. The molecule has 0 bridgehead atoms. The normalized spacial score (nSPS) is 12.6. The molecule has 1 unspecified atom stereocenters. The van der Waals surface area contributed by atoms with Gasteiger partial charge in [0.2, 0.25) is 0 Å². The van der Waals surface area contributed by atoms with Crippen LogP contribution in [0.15, 0.2) is 40.9 Å². The fourth-order valence-electron chi connectivity index (χ4n) is 2.03. The van der Waals surface area contributed by atoms with E-state index < -0.39 is 0 Å². The zero-order chi connectivity index (χ0) is 13.0. The topological polar surface area (TPSA) is 12.0 Å². The van der Waals surface area contributed by atoms with Crippen molar-refractivity contribution in [3.63, 3.8) is 0 Å². The van der Waals surface area contributed by atoms with Crippen LogP contribution in [0.2, 0.25) is 0 Å². The largest absolute Gasteiger partial charge is 0.312 e. The lowest BCUT2D eigenvalue weighted by atomic mass is 10.1. The van der Waals surface area contributed by atoms with Gasteiger partial charge in [-0.2, -0.15) is 0 Å². The third-order valence-electron chi connectivity index (χ3n) is 3.02. The van der Waals surface area contributed by atoms with Crippen molar-refractivity contribution in [2.75, 3.05) is 7.05 Å². The van der Waals surface area contributed by atoms with Crippen molar-refractivity contribution in [3.05, 3.63) is 45.7 Å². The van der Waals surface area contributed by atoms with Gasteiger partial charge in [0.15, 0.2) is 0 Å². The summed E-state index contributed by atoms with van der Waals surface area (Å²) < 4.78 is 1.13. The fraction of sp³-hybridized carbons (Fsp3) is 0.333. The summed E-state index contributed by atoms with van der Waals surface area (Å²) in [4.78, 5) is 2.77. The number of thiophene rings is 1. The molecule has 96 valence electrons. The number of benzene rings is 1. The summed E-state index contributed by atoms with van der Waals surface area (Å²) in [7, 11) is 2.04. The van der Waals surface area contributed by atoms with Gasteiger partial charge in [-0.25, -0.2) is 0 Å². The minimum Gasteiger partial charge on any atom is -0.312 e. The molecule has 2 aromatic rings. The van der Waals surface area contributed by atoms with E-state index >= 15 is 0 Å². The van der Waals surface area contributed by atoms with E-state index in [1.807, 2.05) is 18.4 Å². The van der Waals surface area contributed by atoms with Gasteiger partial charge in [0, 0.05) is 20.3 Å². The molecule has 0 aliphatic carbocycles. The van der Waals surface area contributed by atoms with Crippen LogP contribution in [0.25, 0.3) is 10.4 Å². The van der Waals surface area contributed by atoms with Crippen LogP contribution in [0.3, 0.4) is 0 Å². The molecule has 0 fully saturated rings. The Bertz CT molecular complexity index is 489. The van der Waals surface area contributed by atoms with Crippen LogP contribution < -0.4 is 5.32 Å². The summed E-state index contributed by atoms with van der Waals surface area (Å²) in [6, 6.07) is 13.5. The third-order valence-corrected chi connectivity index (χ3v) is 4.80. The van der Waals surface area contributed by atoms with Crippen LogP contribution in [0.1, 0.15) is 30.7 Å². The van der Waals surface area contributed by atoms with Crippen molar-refractivity contribution >= 4 is 27.3 Å². The monoisotopic (exact) mass is 323 g/mol. The summed E-state index contributed by atoms with van der Waals surface area (Å²) in [5, 5.41) is 3.40. The molecule has 1 aromatic heterocycles. The van der Waals surface area contributed by atoms with E-state index in [0.717, 1.165) is 4.47 Å². The van der Waals surface area contributed by atoms with Gasteiger partial charge < -0.3 is 5.32 Å². The second kappa shape index (κ2) is 6.50. The molecule has 1 aromatic carbocycles. The average Bonchev–Trinajstić information content (AvgIpc) is 2.86. The van der Waals surface area contributed by atoms with Gasteiger partial charge in [-0.15, -0.1) is 11.3 Å². The summed E-state index contributed by atoms with van der Waals surface area (Å²) in [6.45, 7) is 2.23. The van der Waals surface area contributed by atoms with E-state index in [2.05, 4.69) is 64.6 Å². The predicted octanol–water partition coefficient (Wildman–Crippen LogP) is 5.24. The Morgan fingerprint density at radius 3 is 2.50 bits per heavy atom. The van der Waals surface area contributed by atoms with Crippen molar-refractivity contribution in [1.82, 2.24) is 5.32 Å². The van der Waals surface area contributed by atoms with Gasteiger partial charge in [-0.05, 0) is 43.3 Å². The Morgan fingerprint density at radius 2 is 1.89 bits per heavy atom. The van der Waals surface area contributed by atoms with Crippen molar-refractivity contribution in [3.8, 4) is 10.4 Å². The Kier molecular flexibility index (Phi) is 4.98. The minimum absolute atomic E-state index is 0.490. The minimum atomic E-state index is 0.490. The predicted molar refractivity (Wildman–Crippen MR) is 84.2 cm³/mol. The van der Waals surface area contributed by atoms with Crippen LogP contribution in [-0.4, -0.2) is 7.05 Å². The first-order valence-corrected chi connectivity index (χ1v) is 7.88. The lowest BCUT2D eigenvalue weighted by Crippen LogP contribution is -2.14. The van der Waals surface area contributed by atoms with E-state index in [4.69, 9.17) is 0 Å². The van der Waals surface area contributed by atoms with Crippen molar-refractivity contribution < 1.29 is 0 Å². The van der Waals surface area contributed by atoms with Crippen molar-refractivity contribution in [2.24, 2.45) is 0 Å². The van der Waals surface area contributed by atoms with Gasteiger partial charge in [-0.3, -0.25) is 0 Å². The first-order chi connectivity index (χ1) is 8.74. The third kappa shape index (κ3) is 3.22. The summed E-state index contributed by atoms with van der Waals surface area (Å²) in [5.41, 5.74) is 1.29. The van der Waals surface area contributed by atoms with Gasteiger partial charge in [0.05, 0.1) is 0 Å². The quantitative estimate of drug-likeness (QED) is 0.793. The molecule has 1 atom stereocenters. The molecule has 0 aliphatic rings. The van der Waals surface area contributed by atoms with Crippen LogP contribution in [-0.2, 0) is 0 Å². The second-order valence-corrected chi connectivity index (χ2v) is 6.37. The lowest BCUT2D eigenvalue weighted by molar-refractivity contribution is 0.550. The molecule has 1 heterocycles. The molecular formula is C15H18BrNS. The Balaban J connectivity index is 2.21. The molecular weight excluding hydrogens is 306 g/mol. The fourth-order valence-corrected chi connectivity index (χ4v) is 3.45. The van der Waals surface area contributed by atoms with Crippen molar-refractivity contribution in [2.45, 2.75) is 25.8 Å². The number of rotatable bonds is 5. The Labute approximate surface area is 121 Å². The highest BCUT2D eigenvalue weighted by molar-refractivity contribution is 9.10. The molecule has 3 heteroatoms. The highest BCUT2D eigenvalue weighted by Crippen LogP contribution is 2.33. The zero-order valence-electron chi connectivity index (χ0n) is 10.7. The van der Waals surface area contributed by atoms with Crippen LogP contribution in [0.5, 0.6) is 0 Å². The smallest absolute Gasteiger partial charge is 0.0412 e. The Morgan fingerprint density at radius 1 is 1.17 bits per heavy atom. The van der Waals surface area contributed by atoms with Crippen molar-refractivity contribution in [1.29, 1.82) is 0 Å². The van der Waals surface area contributed by atoms with E-state index in [9.17, 15) is 0 Å². The second-order valence-electron chi connectivity index (χ2n) is 4.34. The molecule has 18 heavy (non-hydrogen) atoms. The highest BCUT2D eigenvalue weighted by atomic mass is 79.9. The number of nitrogens with one attached hydrogen (secondary N) is 1. The van der Waals surface area contributed by atoms with Crippen LogP contribution in [0.4, 0.5) is 0 Å². The summed E-state index contributed by atoms with van der Waals surface area (Å²) in [5.74, 6) is 0. The van der Waals surface area contributed by atoms with Gasteiger partial charge in [-0.1, -0.05) is 41.4 Å². The summed E-state index contributed by atoms with van der Waals surface area (Å²) >= 11 is 5.36. The van der Waals surface area contributed by atoms with Gasteiger partial charge in [0.25, 0.3) is 0 Å². The van der Waals surface area contributed by atoms with Crippen LogP contribution >= 0.6 is 27.3 Å². The zero-order valence-corrected chi connectivity index (χ0v) is 13.1. The maximum atomic E-state index is 3.47. The average molecular weight is 324 g/mol. The van der Waals surface area contributed by atoms with E-state index in [1.54, 1.807) is 0 Å². The lowest BCUT2D eigenvalue weighted by Gasteiger charge is -2.12. The molecule has 2 rings (SSSR count). The van der Waals surface area contributed by atoms with Crippen LogP contribution in [0, 0.1) is 0 Å². The molecule has 1 N–H and O–H groups in total. The molecule has 0 radical (unpaired) electrons. The standard InChI is InChI=1S/C15H18BrNS/c1-3-4-13(17-2)15-10-9-14(18-15)11-5-7-12(16)8-6-11/h5-10,13,17H,3-4H2,1-2H3. The van der Waals surface area contributed by atoms with E-state index in [1.165, 1.54) is 28.2 Å². The first-order valence-electron chi connectivity index (χ1n) is 6.27. The number of hydrogen-bond donors (Lipinski definition) is 1. The molecule has 0 spiro atoms. The summed E-state index contributed by atoms with van der Waals surface area (Å²) in [6.07, 6.45) is 2.40. The van der Waals surface area contributed by atoms with E-state index in [0.29, 0.717) is 6.04 Å². The van der Waals surface area contributed by atoms with E-state index in [-0.39, 0.29) is 0 Å². The molecule has 1 nitrogen and oxygen atoms in total. The maximum absolute atomic E-state index is 3.47. The first kappa shape index (κ1) is 13.8. The molecule has 0 saturated heterocycles.